The van der Waals surface area contributed by atoms with E-state index < -0.39 is 0 Å². The Labute approximate surface area is 118 Å². The van der Waals surface area contributed by atoms with Crippen molar-refractivity contribution in [3.05, 3.63) is 35.9 Å². The second-order valence-corrected chi connectivity index (χ2v) is 5.83. The molecule has 19 heavy (non-hydrogen) atoms. The number of nitrogens with zero attached hydrogens (tertiary/aromatic N) is 1. The predicted octanol–water partition coefficient (Wildman–Crippen LogP) is 3.41. The molecule has 2 aliphatic rings. The summed E-state index contributed by atoms with van der Waals surface area (Å²) in [4.78, 5) is 14.0. The van der Waals surface area contributed by atoms with Crippen molar-refractivity contribution in [2.75, 3.05) is 6.54 Å². The third-order valence-electron chi connectivity index (χ3n) is 4.02. The number of likely N-dealkylation sites (tertiary alicyclic amines) is 1. The van der Waals surface area contributed by atoms with Crippen LogP contribution in [0.2, 0.25) is 0 Å². The number of hydrogen-bond acceptors (Lipinski definition) is 2. The van der Waals surface area contributed by atoms with Crippen LogP contribution >= 0.6 is 11.6 Å². The molecule has 0 radical (unpaired) electrons. The van der Waals surface area contributed by atoms with E-state index in [2.05, 4.69) is 0 Å². The first-order valence-corrected chi connectivity index (χ1v) is 7.32. The van der Waals surface area contributed by atoms with Gasteiger partial charge in [-0.05, 0) is 24.3 Å². The first kappa shape index (κ1) is 12.8. The Bertz CT molecular complexity index is 451. The zero-order chi connectivity index (χ0) is 13.2. The number of ether oxygens (including phenoxy) is 1. The van der Waals surface area contributed by atoms with E-state index in [1.54, 1.807) is 0 Å². The summed E-state index contributed by atoms with van der Waals surface area (Å²) in [6.45, 7) is 1.11. The number of halogens is 1. The smallest absolute Gasteiger partial charge is 0.410 e. The number of fused-ring (bicyclic) bond motifs is 1. The van der Waals surface area contributed by atoms with Gasteiger partial charge in [0.15, 0.2) is 0 Å². The second-order valence-electron chi connectivity index (χ2n) is 5.33. The Kier molecular flexibility index (Phi) is 3.65. The third kappa shape index (κ3) is 2.71. The summed E-state index contributed by atoms with van der Waals surface area (Å²) in [6.07, 6.45) is 3.13. The van der Waals surface area contributed by atoms with Crippen LogP contribution in [-0.2, 0) is 11.3 Å². The molecule has 1 heterocycles. The van der Waals surface area contributed by atoms with Crippen LogP contribution in [0.4, 0.5) is 4.79 Å². The fourth-order valence-electron chi connectivity index (χ4n) is 2.87. The van der Waals surface area contributed by atoms with Crippen LogP contribution in [0, 0.1) is 5.92 Å². The zero-order valence-corrected chi connectivity index (χ0v) is 11.6. The van der Waals surface area contributed by atoms with Crippen LogP contribution in [0.25, 0.3) is 0 Å². The van der Waals surface area contributed by atoms with Crippen LogP contribution in [0.1, 0.15) is 24.8 Å². The van der Waals surface area contributed by atoms with Crippen LogP contribution in [-0.4, -0.2) is 29.0 Å². The molecule has 1 amide bonds. The Morgan fingerprint density at radius 2 is 2.11 bits per heavy atom. The molecule has 3 nitrogen and oxygen atoms in total. The van der Waals surface area contributed by atoms with Crippen molar-refractivity contribution in [2.45, 2.75) is 37.3 Å². The van der Waals surface area contributed by atoms with Gasteiger partial charge in [-0.2, -0.15) is 0 Å². The summed E-state index contributed by atoms with van der Waals surface area (Å²) in [5.41, 5.74) is 1.01. The van der Waals surface area contributed by atoms with Gasteiger partial charge in [-0.15, -0.1) is 11.6 Å². The van der Waals surface area contributed by atoms with Gasteiger partial charge in [-0.3, -0.25) is 0 Å². The second kappa shape index (κ2) is 5.41. The number of carbonyl (C=O) groups is 1. The molecule has 1 aromatic carbocycles. The Hall–Kier alpha value is -1.22. The lowest BCUT2D eigenvalue weighted by molar-refractivity contribution is 0.0932. The third-order valence-corrected chi connectivity index (χ3v) is 4.60. The molecule has 0 spiro atoms. The summed E-state index contributed by atoms with van der Waals surface area (Å²) in [5.74, 6) is 0.480. The lowest BCUT2D eigenvalue weighted by Crippen LogP contribution is -2.35. The van der Waals surface area contributed by atoms with Gasteiger partial charge < -0.3 is 9.64 Å². The maximum atomic E-state index is 12.2. The molecule has 1 unspecified atom stereocenters. The number of rotatable bonds is 2. The summed E-state index contributed by atoms with van der Waals surface area (Å²) in [6, 6.07) is 9.96. The molecular formula is C15H18ClNO2. The van der Waals surface area contributed by atoms with Crippen molar-refractivity contribution < 1.29 is 9.53 Å². The minimum atomic E-state index is -0.219. The molecule has 1 aromatic rings. The molecular weight excluding hydrogens is 262 g/mol. The summed E-state index contributed by atoms with van der Waals surface area (Å²) < 4.78 is 5.40. The summed E-state index contributed by atoms with van der Waals surface area (Å²) >= 11 is 6.24. The van der Waals surface area contributed by atoms with E-state index in [9.17, 15) is 4.79 Å². The highest BCUT2D eigenvalue weighted by Crippen LogP contribution is 2.46. The standard InChI is InChI=1S/C15H18ClNO2/c16-13-12-8-4-5-9-17(14(12)13)15(18)19-10-11-6-2-1-3-7-11/h1-3,6-7,12-14H,4-5,8-10H2/t12-,13+,14?/m0/s1. The van der Waals surface area contributed by atoms with Gasteiger partial charge in [0, 0.05) is 6.54 Å². The Morgan fingerprint density at radius 3 is 2.89 bits per heavy atom. The topological polar surface area (TPSA) is 29.5 Å². The number of benzene rings is 1. The molecule has 1 saturated carbocycles. The van der Waals surface area contributed by atoms with Crippen molar-refractivity contribution >= 4 is 17.7 Å². The molecule has 2 fully saturated rings. The first-order valence-electron chi connectivity index (χ1n) is 6.89. The Morgan fingerprint density at radius 1 is 1.32 bits per heavy atom. The molecule has 0 bridgehead atoms. The van der Waals surface area contributed by atoms with E-state index in [1.165, 1.54) is 0 Å². The SMILES string of the molecule is O=C(OCc1ccccc1)N1CCCC[C@@H]2C1[C@@H]2Cl. The van der Waals surface area contributed by atoms with Crippen LogP contribution in [0.3, 0.4) is 0 Å². The maximum absolute atomic E-state index is 12.2. The van der Waals surface area contributed by atoms with Crippen LogP contribution in [0.5, 0.6) is 0 Å². The molecule has 1 aliphatic heterocycles. The molecule has 0 aromatic heterocycles. The van der Waals surface area contributed by atoms with Gasteiger partial charge in [-0.1, -0.05) is 36.8 Å². The van der Waals surface area contributed by atoms with Crippen LogP contribution in [0.15, 0.2) is 30.3 Å². The zero-order valence-electron chi connectivity index (χ0n) is 10.8. The van der Waals surface area contributed by atoms with Gasteiger partial charge in [0.05, 0.1) is 11.4 Å². The highest BCUT2D eigenvalue weighted by molar-refractivity contribution is 6.23. The molecule has 0 N–H and O–H groups in total. The van der Waals surface area contributed by atoms with E-state index in [-0.39, 0.29) is 17.5 Å². The highest BCUT2D eigenvalue weighted by Gasteiger charge is 2.54. The average Bonchev–Trinajstić information content (AvgIpc) is 3.13. The van der Waals surface area contributed by atoms with Gasteiger partial charge >= 0.3 is 6.09 Å². The number of hydrogen-bond donors (Lipinski definition) is 0. The highest BCUT2D eigenvalue weighted by atomic mass is 35.5. The first-order chi connectivity index (χ1) is 9.27. The van der Waals surface area contributed by atoms with Gasteiger partial charge in [0.25, 0.3) is 0 Å². The summed E-state index contributed by atoms with van der Waals surface area (Å²) in [7, 11) is 0. The minimum Gasteiger partial charge on any atom is -0.445 e. The van der Waals surface area contributed by atoms with Crippen LogP contribution < -0.4 is 0 Å². The molecule has 3 rings (SSSR count). The van der Waals surface area contributed by atoms with Crippen molar-refractivity contribution in [2.24, 2.45) is 5.92 Å². The molecule has 3 atom stereocenters. The van der Waals surface area contributed by atoms with E-state index in [1.807, 2.05) is 35.2 Å². The van der Waals surface area contributed by atoms with Gasteiger partial charge in [-0.25, -0.2) is 4.79 Å². The van der Waals surface area contributed by atoms with Crippen molar-refractivity contribution in [1.82, 2.24) is 4.90 Å². The Balaban J connectivity index is 1.58. The lowest BCUT2D eigenvalue weighted by Gasteiger charge is -2.21. The minimum absolute atomic E-state index is 0.129. The van der Waals surface area contributed by atoms with Gasteiger partial charge in [0.2, 0.25) is 0 Å². The predicted molar refractivity (Wildman–Crippen MR) is 74.1 cm³/mol. The fourth-order valence-corrected chi connectivity index (χ4v) is 3.39. The quantitative estimate of drug-likeness (QED) is 0.777. The van der Waals surface area contributed by atoms with Crippen molar-refractivity contribution in [1.29, 1.82) is 0 Å². The van der Waals surface area contributed by atoms with Crippen molar-refractivity contribution in [3.63, 3.8) is 0 Å². The van der Waals surface area contributed by atoms with E-state index in [0.29, 0.717) is 12.5 Å². The normalized spacial score (nSPS) is 29.3. The van der Waals surface area contributed by atoms with E-state index in [0.717, 1.165) is 31.4 Å². The number of amides is 1. The number of alkyl halides is 1. The molecule has 1 saturated heterocycles. The lowest BCUT2D eigenvalue weighted by atomic mass is 10.2. The van der Waals surface area contributed by atoms with Crippen molar-refractivity contribution in [3.8, 4) is 0 Å². The van der Waals surface area contributed by atoms with E-state index in [4.69, 9.17) is 16.3 Å². The average molecular weight is 280 g/mol. The largest absolute Gasteiger partial charge is 0.445 e. The molecule has 102 valence electrons. The molecule has 1 aliphatic carbocycles. The van der Waals surface area contributed by atoms with E-state index >= 15 is 0 Å². The fraction of sp³-hybridized carbons (Fsp3) is 0.533. The maximum Gasteiger partial charge on any atom is 0.410 e. The number of carbonyl (C=O) groups excluding carboxylic acids is 1. The monoisotopic (exact) mass is 279 g/mol. The van der Waals surface area contributed by atoms with Gasteiger partial charge in [0.1, 0.15) is 6.61 Å². The summed E-state index contributed by atoms with van der Waals surface area (Å²) in [5, 5.41) is 0.129. The molecule has 4 heteroatoms.